The normalized spacial score (nSPS) is 11.8. The molecule has 0 unspecified atom stereocenters. The second-order valence-corrected chi connectivity index (χ2v) is 3.25. The van der Waals surface area contributed by atoms with Crippen molar-refractivity contribution in [1.82, 2.24) is 5.32 Å². The SMILES string of the molecule is CCCNC(=O)CN=C(N)C(C)C. The van der Waals surface area contributed by atoms with E-state index in [2.05, 4.69) is 10.3 Å². The maximum Gasteiger partial charge on any atom is 0.241 e. The standard InChI is InChI=1S/C9H19N3O/c1-4-5-11-8(13)6-12-9(10)7(2)3/h7H,4-6H2,1-3H3,(H2,10,12)(H,11,13). The van der Waals surface area contributed by atoms with E-state index in [0.717, 1.165) is 6.42 Å². The molecule has 0 rings (SSSR count). The molecule has 0 fully saturated rings. The molecular weight excluding hydrogens is 166 g/mol. The summed E-state index contributed by atoms with van der Waals surface area (Å²) >= 11 is 0. The Morgan fingerprint density at radius 2 is 2.15 bits per heavy atom. The Hall–Kier alpha value is -1.06. The highest BCUT2D eigenvalue weighted by molar-refractivity contribution is 5.86. The van der Waals surface area contributed by atoms with Crippen LogP contribution >= 0.6 is 0 Å². The average molecular weight is 185 g/mol. The molecule has 0 aromatic heterocycles. The summed E-state index contributed by atoms with van der Waals surface area (Å²) in [6, 6.07) is 0. The molecule has 0 aliphatic carbocycles. The third-order valence-corrected chi connectivity index (χ3v) is 1.57. The minimum Gasteiger partial charge on any atom is -0.387 e. The lowest BCUT2D eigenvalue weighted by Gasteiger charge is -2.04. The molecule has 4 nitrogen and oxygen atoms in total. The molecule has 13 heavy (non-hydrogen) atoms. The van der Waals surface area contributed by atoms with Crippen LogP contribution in [0, 0.1) is 5.92 Å². The minimum absolute atomic E-state index is 0.0644. The highest BCUT2D eigenvalue weighted by Crippen LogP contribution is 1.90. The number of nitrogens with zero attached hydrogens (tertiary/aromatic N) is 1. The van der Waals surface area contributed by atoms with Crippen LogP contribution in [-0.4, -0.2) is 24.8 Å². The van der Waals surface area contributed by atoms with Gasteiger partial charge in [-0.1, -0.05) is 20.8 Å². The zero-order valence-corrected chi connectivity index (χ0v) is 8.63. The third kappa shape index (κ3) is 6.13. The fourth-order valence-electron chi connectivity index (χ4n) is 0.666. The van der Waals surface area contributed by atoms with Gasteiger partial charge in [-0.25, -0.2) is 0 Å². The summed E-state index contributed by atoms with van der Waals surface area (Å²) < 4.78 is 0. The molecule has 1 amide bonds. The van der Waals surface area contributed by atoms with Crippen LogP contribution in [0.25, 0.3) is 0 Å². The largest absolute Gasteiger partial charge is 0.387 e. The number of aliphatic imine (C=N–C) groups is 1. The van der Waals surface area contributed by atoms with Crippen LogP contribution in [0.2, 0.25) is 0 Å². The first-order valence-corrected chi connectivity index (χ1v) is 4.64. The zero-order chi connectivity index (χ0) is 10.3. The van der Waals surface area contributed by atoms with Gasteiger partial charge >= 0.3 is 0 Å². The first-order chi connectivity index (χ1) is 6.07. The fraction of sp³-hybridized carbons (Fsp3) is 0.778. The smallest absolute Gasteiger partial charge is 0.241 e. The van der Waals surface area contributed by atoms with Gasteiger partial charge in [0.25, 0.3) is 0 Å². The van der Waals surface area contributed by atoms with Gasteiger partial charge in [0, 0.05) is 12.5 Å². The van der Waals surface area contributed by atoms with Crippen LogP contribution in [0.1, 0.15) is 27.2 Å². The maximum atomic E-state index is 11.1. The van der Waals surface area contributed by atoms with Gasteiger partial charge in [-0.05, 0) is 6.42 Å². The quantitative estimate of drug-likeness (QED) is 0.484. The predicted molar refractivity (Wildman–Crippen MR) is 54.6 cm³/mol. The van der Waals surface area contributed by atoms with Crippen molar-refractivity contribution in [3.05, 3.63) is 0 Å². The van der Waals surface area contributed by atoms with Gasteiger partial charge in [0.05, 0.1) is 5.84 Å². The van der Waals surface area contributed by atoms with E-state index < -0.39 is 0 Å². The number of rotatable bonds is 5. The summed E-state index contributed by atoms with van der Waals surface area (Å²) in [7, 11) is 0. The van der Waals surface area contributed by atoms with Crippen LogP contribution in [-0.2, 0) is 4.79 Å². The Morgan fingerprint density at radius 3 is 2.62 bits per heavy atom. The van der Waals surface area contributed by atoms with Gasteiger partial charge in [0.1, 0.15) is 6.54 Å². The van der Waals surface area contributed by atoms with Crippen molar-refractivity contribution in [3.8, 4) is 0 Å². The van der Waals surface area contributed by atoms with Crippen molar-refractivity contribution in [2.24, 2.45) is 16.6 Å². The van der Waals surface area contributed by atoms with Crippen LogP contribution < -0.4 is 11.1 Å². The molecule has 3 N–H and O–H groups in total. The molecule has 0 radical (unpaired) electrons. The number of carbonyl (C=O) groups is 1. The van der Waals surface area contributed by atoms with Gasteiger partial charge in [0.2, 0.25) is 5.91 Å². The number of hydrogen-bond donors (Lipinski definition) is 2. The van der Waals surface area contributed by atoms with Gasteiger partial charge in [-0.2, -0.15) is 0 Å². The number of nitrogens with one attached hydrogen (secondary N) is 1. The van der Waals surface area contributed by atoms with Crippen molar-refractivity contribution >= 4 is 11.7 Å². The van der Waals surface area contributed by atoms with Gasteiger partial charge in [-0.15, -0.1) is 0 Å². The van der Waals surface area contributed by atoms with Crippen molar-refractivity contribution in [2.75, 3.05) is 13.1 Å². The predicted octanol–water partition coefficient (Wildman–Crippen LogP) is 0.526. The Labute approximate surface area is 79.6 Å². The first kappa shape index (κ1) is 11.9. The molecule has 0 heterocycles. The lowest BCUT2D eigenvalue weighted by Crippen LogP contribution is -2.28. The Bertz CT molecular complexity index is 187. The average Bonchev–Trinajstić information content (AvgIpc) is 2.10. The Morgan fingerprint density at radius 1 is 1.54 bits per heavy atom. The number of carbonyl (C=O) groups excluding carboxylic acids is 1. The second kappa shape index (κ2) is 6.46. The third-order valence-electron chi connectivity index (χ3n) is 1.57. The van der Waals surface area contributed by atoms with E-state index in [1.54, 1.807) is 0 Å². The molecule has 0 aromatic rings. The number of amidine groups is 1. The molecule has 0 aliphatic heterocycles. The minimum atomic E-state index is -0.0644. The van der Waals surface area contributed by atoms with Crippen molar-refractivity contribution < 1.29 is 4.79 Å². The second-order valence-electron chi connectivity index (χ2n) is 3.25. The van der Waals surface area contributed by atoms with Gasteiger partial charge in [-0.3, -0.25) is 9.79 Å². The van der Waals surface area contributed by atoms with Crippen LogP contribution in [0.4, 0.5) is 0 Å². The molecular formula is C9H19N3O. The number of nitrogens with two attached hydrogens (primary N) is 1. The van der Waals surface area contributed by atoms with E-state index in [0.29, 0.717) is 12.4 Å². The molecule has 0 spiro atoms. The molecule has 0 saturated carbocycles. The molecule has 76 valence electrons. The molecule has 0 aromatic carbocycles. The summed E-state index contributed by atoms with van der Waals surface area (Å²) in [6.07, 6.45) is 0.940. The zero-order valence-electron chi connectivity index (χ0n) is 8.63. The summed E-state index contributed by atoms with van der Waals surface area (Å²) in [5, 5.41) is 2.73. The summed E-state index contributed by atoms with van der Waals surface area (Å²) in [5.74, 6) is 0.677. The fourth-order valence-corrected chi connectivity index (χ4v) is 0.666. The van der Waals surface area contributed by atoms with Crippen molar-refractivity contribution in [2.45, 2.75) is 27.2 Å². The first-order valence-electron chi connectivity index (χ1n) is 4.64. The van der Waals surface area contributed by atoms with E-state index in [1.165, 1.54) is 0 Å². The van der Waals surface area contributed by atoms with Crippen LogP contribution in [0.5, 0.6) is 0 Å². The molecule has 4 heteroatoms. The van der Waals surface area contributed by atoms with Crippen LogP contribution in [0.15, 0.2) is 4.99 Å². The van der Waals surface area contributed by atoms with E-state index >= 15 is 0 Å². The molecule has 0 aliphatic rings. The lowest BCUT2D eigenvalue weighted by atomic mass is 10.2. The number of amides is 1. The highest BCUT2D eigenvalue weighted by atomic mass is 16.1. The summed E-state index contributed by atoms with van der Waals surface area (Å²) in [5.41, 5.74) is 5.56. The molecule has 0 saturated heterocycles. The summed E-state index contributed by atoms with van der Waals surface area (Å²) in [4.78, 5) is 15.0. The van der Waals surface area contributed by atoms with E-state index in [1.807, 2.05) is 20.8 Å². The molecule has 0 bridgehead atoms. The van der Waals surface area contributed by atoms with Gasteiger partial charge in [0.15, 0.2) is 0 Å². The van der Waals surface area contributed by atoms with E-state index in [4.69, 9.17) is 5.73 Å². The number of hydrogen-bond acceptors (Lipinski definition) is 2. The highest BCUT2D eigenvalue weighted by Gasteiger charge is 2.01. The van der Waals surface area contributed by atoms with Gasteiger partial charge < -0.3 is 11.1 Å². The van der Waals surface area contributed by atoms with E-state index in [9.17, 15) is 4.79 Å². The Balaban J connectivity index is 3.74. The lowest BCUT2D eigenvalue weighted by molar-refractivity contribution is -0.119. The Kier molecular flexibility index (Phi) is 5.93. The van der Waals surface area contributed by atoms with Crippen molar-refractivity contribution in [1.29, 1.82) is 0 Å². The summed E-state index contributed by atoms with van der Waals surface area (Å²) in [6.45, 7) is 6.75. The topological polar surface area (TPSA) is 67.5 Å². The monoisotopic (exact) mass is 185 g/mol. The van der Waals surface area contributed by atoms with Crippen LogP contribution in [0.3, 0.4) is 0 Å². The molecule has 0 atom stereocenters. The van der Waals surface area contributed by atoms with Crippen molar-refractivity contribution in [3.63, 3.8) is 0 Å². The van der Waals surface area contributed by atoms with E-state index in [-0.39, 0.29) is 18.4 Å². The maximum absolute atomic E-state index is 11.1.